The number of carbonyl (C=O) groups excluding carboxylic acids is 2. The van der Waals surface area contributed by atoms with E-state index in [1.54, 1.807) is 24.3 Å². The number of thiazole rings is 1. The van der Waals surface area contributed by atoms with Crippen molar-refractivity contribution in [3.8, 4) is 5.75 Å². The fraction of sp³-hybridized carbons (Fsp3) is 0.167. The first-order valence-corrected chi connectivity index (χ1v) is 8.36. The molecule has 0 atom stereocenters. The molecule has 0 bridgehead atoms. The molecule has 1 amide bonds. The van der Waals surface area contributed by atoms with Gasteiger partial charge in [0.25, 0.3) is 5.91 Å². The quantitative estimate of drug-likeness (QED) is 0.575. The largest absolute Gasteiger partial charge is 0.427 e. The Hall–Kier alpha value is -2.73. The van der Waals surface area contributed by atoms with Crippen molar-refractivity contribution in [1.29, 1.82) is 0 Å². The number of aryl methyl sites for hydroxylation is 1. The van der Waals surface area contributed by atoms with Crippen molar-refractivity contribution in [1.82, 2.24) is 4.98 Å². The number of fused-ring (bicyclic) bond motifs is 1. The summed E-state index contributed by atoms with van der Waals surface area (Å²) in [6, 6.07) is 12.5. The van der Waals surface area contributed by atoms with Crippen LogP contribution >= 0.6 is 11.3 Å². The Labute approximate surface area is 143 Å². The third-order valence-corrected chi connectivity index (χ3v) is 4.39. The molecule has 1 N–H and O–H groups in total. The number of benzene rings is 2. The van der Waals surface area contributed by atoms with Crippen LogP contribution in [0.25, 0.3) is 10.2 Å². The first-order valence-electron chi connectivity index (χ1n) is 7.54. The van der Waals surface area contributed by atoms with Crippen LogP contribution in [-0.4, -0.2) is 16.9 Å². The average molecular weight is 340 g/mol. The molecule has 0 saturated heterocycles. The molecule has 0 radical (unpaired) electrons. The van der Waals surface area contributed by atoms with Gasteiger partial charge >= 0.3 is 5.97 Å². The fourth-order valence-electron chi connectivity index (χ4n) is 2.25. The van der Waals surface area contributed by atoms with Gasteiger partial charge in [-0.1, -0.05) is 24.3 Å². The number of ether oxygens (including phenoxy) is 1. The number of esters is 1. The molecule has 6 heteroatoms. The second-order valence-electron chi connectivity index (χ2n) is 5.25. The highest BCUT2D eigenvalue weighted by Gasteiger charge is 2.10. The van der Waals surface area contributed by atoms with Crippen LogP contribution in [0.3, 0.4) is 0 Å². The highest BCUT2D eigenvalue weighted by atomic mass is 32.1. The molecule has 0 unspecified atom stereocenters. The number of rotatable bonds is 4. The summed E-state index contributed by atoms with van der Waals surface area (Å²) in [5.74, 6) is -0.238. The van der Waals surface area contributed by atoms with Crippen molar-refractivity contribution in [2.75, 3.05) is 5.32 Å². The minimum Gasteiger partial charge on any atom is -0.427 e. The minimum atomic E-state index is -0.395. The molecule has 0 aliphatic rings. The maximum absolute atomic E-state index is 12.3. The summed E-state index contributed by atoms with van der Waals surface area (Å²) in [4.78, 5) is 27.6. The normalized spacial score (nSPS) is 10.6. The van der Waals surface area contributed by atoms with Gasteiger partial charge in [-0.3, -0.25) is 14.9 Å². The fourth-order valence-corrected chi connectivity index (χ4v) is 3.18. The first kappa shape index (κ1) is 16.1. The highest BCUT2D eigenvalue weighted by molar-refractivity contribution is 7.22. The van der Waals surface area contributed by atoms with Gasteiger partial charge in [-0.25, -0.2) is 4.98 Å². The van der Waals surface area contributed by atoms with Gasteiger partial charge in [-0.15, -0.1) is 0 Å². The van der Waals surface area contributed by atoms with Crippen LogP contribution in [0.5, 0.6) is 5.75 Å². The lowest BCUT2D eigenvalue weighted by molar-refractivity contribution is -0.131. The predicted molar refractivity (Wildman–Crippen MR) is 94.7 cm³/mol. The summed E-state index contributed by atoms with van der Waals surface area (Å²) in [6.45, 7) is 3.43. The topological polar surface area (TPSA) is 68.3 Å². The monoisotopic (exact) mass is 340 g/mol. The van der Waals surface area contributed by atoms with E-state index in [4.69, 9.17) is 4.74 Å². The molecule has 5 nitrogen and oxygen atoms in total. The average Bonchev–Trinajstić information content (AvgIpc) is 2.96. The van der Waals surface area contributed by atoms with Crippen LogP contribution in [-0.2, 0) is 11.2 Å². The Morgan fingerprint density at radius 2 is 1.92 bits per heavy atom. The number of carbonyl (C=O) groups is 2. The van der Waals surface area contributed by atoms with Crippen LogP contribution in [0.15, 0.2) is 42.5 Å². The second kappa shape index (κ2) is 6.80. The van der Waals surface area contributed by atoms with Gasteiger partial charge in [0.1, 0.15) is 5.75 Å². The molecule has 0 spiro atoms. The van der Waals surface area contributed by atoms with Gasteiger partial charge in [0.15, 0.2) is 5.13 Å². The van der Waals surface area contributed by atoms with E-state index in [2.05, 4.69) is 23.3 Å². The SMILES string of the molecule is CCc1ccc2nc(NC(=O)c3ccc(OC(C)=O)cc3)sc2c1. The molecular weight excluding hydrogens is 324 g/mol. The molecule has 3 rings (SSSR count). The van der Waals surface area contributed by atoms with Crippen molar-refractivity contribution >= 4 is 38.6 Å². The van der Waals surface area contributed by atoms with Gasteiger partial charge in [-0.05, 0) is 48.4 Å². The van der Waals surface area contributed by atoms with E-state index in [0.717, 1.165) is 16.6 Å². The standard InChI is InChI=1S/C18H16N2O3S/c1-3-12-4-9-15-16(10-12)24-18(19-15)20-17(22)13-5-7-14(8-6-13)23-11(2)21/h4-10H,3H2,1-2H3,(H,19,20,22). The van der Waals surface area contributed by atoms with Crippen molar-refractivity contribution in [3.63, 3.8) is 0 Å². The summed E-state index contributed by atoms with van der Waals surface area (Å²) >= 11 is 1.45. The van der Waals surface area contributed by atoms with Crippen LogP contribution in [0.2, 0.25) is 0 Å². The molecule has 0 aliphatic heterocycles. The summed E-state index contributed by atoms with van der Waals surface area (Å²) in [7, 11) is 0. The lowest BCUT2D eigenvalue weighted by Gasteiger charge is -2.03. The van der Waals surface area contributed by atoms with E-state index in [1.165, 1.54) is 23.8 Å². The Morgan fingerprint density at radius 3 is 2.58 bits per heavy atom. The van der Waals surface area contributed by atoms with Gasteiger partial charge < -0.3 is 4.74 Å². The summed E-state index contributed by atoms with van der Waals surface area (Å²) in [5, 5.41) is 3.37. The molecular formula is C18H16N2O3S. The summed E-state index contributed by atoms with van der Waals surface area (Å²) in [6.07, 6.45) is 0.963. The van der Waals surface area contributed by atoms with Crippen LogP contribution in [0, 0.1) is 0 Å². The van der Waals surface area contributed by atoms with Crippen molar-refractivity contribution < 1.29 is 14.3 Å². The van der Waals surface area contributed by atoms with Gasteiger partial charge in [0.2, 0.25) is 0 Å². The maximum Gasteiger partial charge on any atom is 0.308 e. The van der Waals surface area contributed by atoms with E-state index in [-0.39, 0.29) is 5.91 Å². The van der Waals surface area contributed by atoms with E-state index in [9.17, 15) is 9.59 Å². The summed E-state index contributed by atoms with van der Waals surface area (Å²) < 4.78 is 6.00. The number of nitrogens with zero attached hydrogens (tertiary/aromatic N) is 1. The van der Waals surface area contributed by atoms with Gasteiger partial charge in [0, 0.05) is 12.5 Å². The third-order valence-electron chi connectivity index (χ3n) is 3.46. The minimum absolute atomic E-state index is 0.251. The molecule has 2 aromatic carbocycles. The first-order chi connectivity index (χ1) is 11.5. The smallest absolute Gasteiger partial charge is 0.308 e. The number of hydrogen-bond donors (Lipinski definition) is 1. The Kier molecular flexibility index (Phi) is 4.57. The van der Waals surface area contributed by atoms with Crippen molar-refractivity contribution in [3.05, 3.63) is 53.6 Å². The van der Waals surface area contributed by atoms with E-state index in [0.29, 0.717) is 16.4 Å². The van der Waals surface area contributed by atoms with E-state index < -0.39 is 5.97 Å². The van der Waals surface area contributed by atoms with Crippen LogP contribution in [0.1, 0.15) is 29.8 Å². The van der Waals surface area contributed by atoms with E-state index in [1.807, 2.05) is 12.1 Å². The van der Waals surface area contributed by atoms with Crippen LogP contribution in [0.4, 0.5) is 5.13 Å². The van der Waals surface area contributed by atoms with E-state index >= 15 is 0 Å². The predicted octanol–water partition coefficient (Wildman–Crippen LogP) is 4.04. The van der Waals surface area contributed by atoms with Crippen LogP contribution < -0.4 is 10.1 Å². The maximum atomic E-state index is 12.3. The van der Waals surface area contributed by atoms with Gasteiger partial charge in [-0.2, -0.15) is 0 Å². The van der Waals surface area contributed by atoms with Crippen molar-refractivity contribution in [2.45, 2.75) is 20.3 Å². The zero-order valence-corrected chi connectivity index (χ0v) is 14.1. The lowest BCUT2D eigenvalue weighted by atomic mass is 10.2. The molecule has 0 aliphatic carbocycles. The number of nitrogens with one attached hydrogen (secondary N) is 1. The Bertz CT molecular complexity index is 900. The third kappa shape index (κ3) is 3.60. The lowest BCUT2D eigenvalue weighted by Crippen LogP contribution is -2.11. The zero-order chi connectivity index (χ0) is 17.1. The number of anilines is 1. The molecule has 122 valence electrons. The highest BCUT2D eigenvalue weighted by Crippen LogP contribution is 2.27. The Morgan fingerprint density at radius 1 is 1.17 bits per heavy atom. The molecule has 3 aromatic rings. The molecule has 0 fully saturated rings. The molecule has 1 aromatic heterocycles. The second-order valence-corrected chi connectivity index (χ2v) is 6.28. The van der Waals surface area contributed by atoms with Crippen molar-refractivity contribution in [2.24, 2.45) is 0 Å². The summed E-state index contributed by atoms with van der Waals surface area (Å²) in [5.41, 5.74) is 2.59. The number of hydrogen-bond acceptors (Lipinski definition) is 5. The number of amides is 1. The molecule has 0 saturated carbocycles. The zero-order valence-electron chi connectivity index (χ0n) is 13.3. The molecule has 24 heavy (non-hydrogen) atoms. The Balaban J connectivity index is 1.75. The van der Waals surface area contributed by atoms with Gasteiger partial charge in [0.05, 0.1) is 10.2 Å². The molecule has 1 heterocycles. The number of aromatic nitrogens is 1.